The van der Waals surface area contributed by atoms with Crippen molar-refractivity contribution in [2.45, 2.75) is 20.4 Å². The lowest BCUT2D eigenvalue weighted by molar-refractivity contribution is -0.123. The minimum atomic E-state index is -3.39. The van der Waals surface area contributed by atoms with E-state index in [2.05, 4.69) is 5.32 Å². The third kappa shape index (κ3) is 7.03. The number of ether oxygens (including phenoxy) is 1. The van der Waals surface area contributed by atoms with Gasteiger partial charge in [0.05, 0.1) is 6.26 Å². The van der Waals surface area contributed by atoms with Crippen LogP contribution in [0, 0.1) is 13.8 Å². The Morgan fingerprint density at radius 3 is 2.37 bits per heavy atom. The van der Waals surface area contributed by atoms with Gasteiger partial charge in [-0.25, -0.2) is 8.42 Å². The third-order valence-electron chi connectivity index (χ3n) is 4.15. The molecule has 0 saturated heterocycles. The first-order valence-electron chi connectivity index (χ1n) is 8.71. The molecule has 1 N–H and O–H groups in total. The van der Waals surface area contributed by atoms with Crippen molar-refractivity contribution in [2.24, 2.45) is 0 Å². The third-order valence-corrected chi connectivity index (χ3v) is 5.40. The normalized spacial score (nSPS) is 11.4. The molecule has 0 atom stereocenters. The second kappa shape index (κ2) is 9.53. The van der Waals surface area contributed by atoms with E-state index in [1.54, 1.807) is 12.1 Å². The molecular formula is C20H26N2O4S. The SMILES string of the molecule is Cc1ccc(OCC(=O)NCCN(Cc2ccccc2C)S(C)(=O)=O)cc1. The molecule has 0 unspecified atom stereocenters. The van der Waals surface area contributed by atoms with Crippen LogP contribution in [0.2, 0.25) is 0 Å². The molecule has 0 radical (unpaired) electrons. The molecule has 27 heavy (non-hydrogen) atoms. The molecule has 0 aliphatic carbocycles. The highest BCUT2D eigenvalue weighted by atomic mass is 32.2. The molecule has 0 saturated carbocycles. The molecule has 1 amide bonds. The fourth-order valence-corrected chi connectivity index (χ4v) is 3.29. The number of rotatable bonds is 9. The molecule has 6 nitrogen and oxygen atoms in total. The smallest absolute Gasteiger partial charge is 0.257 e. The summed E-state index contributed by atoms with van der Waals surface area (Å²) in [5.74, 6) is 0.327. The number of sulfonamides is 1. The first kappa shape index (κ1) is 20.9. The number of hydrogen-bond donors (Lipinski definition) is 1. The number of carbonyl (C=O) groups excluding carboxylic acids is 1. The number of carbonyl (C=O) groups is 1. The van der Waals surface area contributed by atoms with Crippen LogP contribution in [0.4, 0.5) is 0 Å². The minimum absolute atomic E-state index is 0.111. The highest BCUT2D eigenvalue weighted by Gasteiger charge is 2.18. The topological polar surface area (TPSA) is 75.7 Å². The predicted octanol–water partition coefficient (Wildman–Crippen LogP) is 2.26. The molecule has 7 heteroatoms. The van der Waals surface area contributed by atoms with Crippen molar-refractivity contribution in [1.29, 1.82) is 0 Å². The van der Waals surface area contributed by atoms with Crippen LogP contribution >= 0.6 is 0 Å². The van der Waals surface area contributed by atoms with Crippen molar-refractivity contribution < 1.29 is 17.9 Å². The lowest BCUT2D eigenvalue weighted by Gasteiger charge is -2.21. The van der Waals surface area contributed by atoms with Gasteiger partial charge in [-0.2, -0.15) is 4.31 Å². The Morgan fingerprint density at radius 2 is 1.74 bits per heavy atom. The van der Waals surface area contributed by atoms with Crippen LogP contribution in [-0.4, -0.2) is 44.6 Å². The van der Waals surface area contributed by atoms with E-state index in [0.717, 1.165) is 16.7 Å². The van der Waals surface area contributed by atoms with E-state index in [0.29, 0.717) is 5.75 Å². The van der Waals surface area contributed by atoms with E-state index in [-0.39, 0.29) is 32.1 Å². The molecule has 2 rings (SSSR count). The average Bonchev–Trinajstić information content (AvgIpc) is 2.61. The summed E-state index contributed by atoms with van der Waals surface area (Å²) < 4.78 is 30.9. The van der Waals surface area contributed by atoms with Gasteiger partial charge in [0.15, 0.2) is 6.61 Å². The molecular weight excluding hydrogens is 364 g/mol. The van der Waals surface area contributed by atoms with Crippen LogP contribution in [0.5, 0.6) is 5.75 Å². The van der Waals surface area contributed by atoms with Crippen LogP contribution in [0.15, 0.2) is 48.5 Å². The van der Waals surface area contributed by atoms with E-state index in [4.69, 9.17) is 4.74 Å². The van der Waals surface area contributed by atoms with Gasteiger partial charge in [-0.3, -0.25) is 4.79 Å². The minimum Gasteiger partial charge on any atom is -0.484 e. The van der Waals surface area contributed by atoms with Crippen molar-refractivity contribution in [2.75, 3.05) is 26.0 Å². The van der Waals surface area contributed by atoms with Crippen LogP contribution in [0.3, 0.4) is 0 Å². The van der Waals surface area contributed by atoms with Crippen LogP contribution in [-0.2, 0) is 21.4 Å². The number of aryl methyl sites for hydroxylation is 2. The summed E-state index contributed by atoms with van der Waals surface area (Å²) >= 11 is 0. The molecule has 2 aromatic rings. The van der Waals surface area contributed by atoms with E-state index in [1.807, 2.05) is 50.2 Å². The first-order valence-corrected chi connectivity index (χ1v) is 10.6. The number of nitrogens with one attached hydrogen (secondary N) is 1. The molecule has 0 fully saturated rings. The summed E-state index contributed by atoms with van der Waals surface area (Å²) in [6, 6.07) is 15.1. The van der Waals surface area contributed by atoms with Crippen molar-refractivity contribution in [3.05, 3.63) is 65.2 Å². The monoisotopic (exact) mass is 390 g/mol. The van der Waals surface area contributed by atoms with Gasteiger partial charge >= 0.3 is 0 Å². The van der Waals surface area contributed by atoms with Gasteiger partial charge in [-0.05, 0) is 37.1 Å². The predicted molar refractivity (Wildman–Crippen MR) is 106 cm³/mol. The van der Waals surface area contributed by atoms with E-state index in [1.165, 1.54) is 10.6 Å². The zero-order valence-corrected chi connectivity index (χ0v) is 16.8. The Labute approximate surface area is 161 Å². The maximum absolute atomic E-state index is 12.0. The molecule has 0 spiro atoms. The van der Waals surface area contributed by atoms with Gasteiger partial charge in [0.1, 0.15) is 5.75 Å². The van der Waals surface area contributed by atoms with Crippen molar-refractivity contribution in [3.63, 3.8) is 0 Å². The lowest BCUT2D eigenvalue weighted by atomic mass is 10.1. The first-order chi connectivity index (χ1) is 12.8. The fraction of sp³-hybridized carbons (Fsp3) is 0.350. The summed E-state index contributed by atoms with van der Waals surface area (Å²) in [5.41, 5.74) is 3.08. The second-order valence-electron chi connectivity index (χ2n) is 6.47. The van der Waals surface area contributed by atoms with Crippen LogP contribution in [0.1, 0.15) is 16.7 Å². The maximum atomic E-state index is 12.0. The van der Waals surface area contributed by atoms with E-state index < -0.39 is 10.0 Å². The maximum Gasteiger partial charge on any atom is 0.257 e. The Bertz CT molecular complexity index is 864. The van der Waals surface area contributed by atoms with Crippen LogP contribution in [0.25, 0.3) is 0 Å². The largest absolute Gasteiger partial charge is 0.484 e. The van der Waals surface area contributed by atoms with Gasteiger partial charge in [0.2, 0.25) is 10.0 Å². The highest BCUT2D eigenvalue weighted by molar-refractivity contribution is 7.88. The zero-order valence-electron chi connectivity index (χ0n) is 15.9. The second-order valence-corrected chi connectivity index (χ2v) is 8.46. The molecule has 0 heterocycles. The summed E-state index contributed by atoms with van der Waals surface area (Å²) in [5, 5.41) is 2.70. The molecule has 0 bridgehead atoms. The summed E-state index contributed by atoms with van der Waals surface area (Å²) in [6.45, 7) is 4.50. The molecule has 0 aliphatic heterocycles. The molecule has 2 aromatic carbocycles. The standard InChI is InChI=1S/C20H26N2O4S/c1-16-8-10-19(11-9-16)26-15-20(23)21-12-13-22(27(3,24)25)14-18-7-5-4-6-17(18)2/h4-11H,12-15H2,1-3H3,(H,21,23). The summed E-state index contributed by atoms with van der Waals surface area (Å²) in [7, 11) is -3.39. The Kier molecular flexibility index (Phi) is 7.38. The van der Waals surface area contributed by atoms with Gasteiger partial charge in [-0.15, -0.1) is 0 Å². The van der Waals surface area contributed by atoms with Crippen molar-refractivity contribution in [1.82, 2.24) is 9.62 Å². The fourth-order valence-electron chi connectivity index (χ4n) is 2.49. The number of amides is 1. The lowest BCUT2D eigenvalue weighted by Crippen LogP contribution is -2.39. The molecule has 0 aromatic heterocycles. The molecule has 146 valence electrons. The Hall–Kier alpha value is -2.38. The van der Waals surface area contributed by atoms with E-state index in [9.17, 15) is 13.2 Å². The van der Waals surface area contributed by atoms with Crippen LogP contribution < -0.4 is 10.1 Å². The zero-order chi connectivity index (χ0) is 19.9. The van der Waals surface area contributed by atoms with Gasteiger partial charge in [-0.1, -0.05) is 42.0 Å². The Morgan fingerprint density at radius 1 is 1.07 bits per heavy atom. The number of nitrogens with zero attached hydrogens (tertiary/aromatic N) is 1. The van der Waals surface area contributed by atoms with Gasteiger partial charge in [0.25, 0.3) is 5.91 Å². The summed E-state index contributed by atoms with van der Waals surface area (Å²) in [4.78, 5) is 11.9. The Balaban J connectivity index is 1.83. The van der Waals surface area contributed by atoms with Crippen molar-refractivity contribution >= 4 is 15.9 Å². The number of benzene rings is 2. The van der Waals surface area contributed by atoms with Gasteiger partial charge in [0, 0.05) is 19.6 Å². The quantitative estimate of drug-likeness (QED) is 0.713. The van der Waals surface area contributed by atoms with E-state index >= 15 is 0 Å². The summed E-state index contributed by atoms with van der Waals surface area (Å²) in [6.07, 6.45) is 1.17. The highest BCUT2D eigenvalue weighted by Crippen LogP contribution is 2.13. The molecule has 0 aliphatic rings. The van der Waals surface area contributed by atoms with Gasteiger partial charge < -0.3 is 10.1 Å². The number of hydrogen-bond acceptors (Lipinski definition) is 4. The average molecular weight is 391 g/mol. The van der Waals surface area contributed by atoms with Crippen molar-refractivity contribution in [3.8, 4) is 5.75 Å².